The Morgan fingerprint density at radius 1 is 1.00 bits per heavy atom. The molecule has 0 N–H and O–H groups in total. The average molecular weight is 316 g/mol. The van der Waals surface area contributed by atoms with E-state index in [1.807, 2.05) is 6.07 Å². The van der Waals surface area contributed by atoms with Crippen LogP contribution in [-0.2, 0) is 19.1 Å². The topological polar surface area (TPSA) is 69.7 Å². The third-order valence-corrected chi connectivity index (χ3v) is 5.10. The first-order chi connectivity index (χ1) is 11.1. The molecule has 0 spiro atoms. The zero-order valence-corrected chi connectivity index (χ0v) is 13.1. The first kappa shape index (κ1) is 15.7. The number of methoxy groups -OCH3 is 1. The van der Waals surface area contributed by atoms with Crippen molar-refractivity contribution in [1.82, 2.24) is 0 Å². The molecular weight excluding hydrogens is 296 g/mol. The second-order valence-corrected chi connectivity index (χ2v) is 6.30. The number of ketones is 1. The Balaban J connectivity index is 1.63. The lowest BCUT2D eigenvalue weighted by Gasteiger charge is -2.27. The standard InChI is InChI=1S/C18H20O5/c1-22-17(20)15-12-7-8-13(9-12)16(15)18(21)23-10-14(19)11-5-3-2-4-6-11/h2-6,12-13,15-16H,7-10H2,1H3/t12-,13-,15-,16-/m0/s1. The maximum absolute atomic E-state index is 12.4. The zero-order chi connectivity index (χ0) is 16.4. The quantitative estimate of drug-likeness (QED) is 0.615. The molecule has 0 aromatic heterocycles. The maximum atomic E-state index is 12.4. The minimum Gasteiger partial charge on any atom is -0.469 e. The Morgan fingerprint density at radius 2 is 1.61 bits per heavy atom. The molecule has 2 bridgehead atoms. The lowest BCUT2D eigenvalue weighted by atomic mass is 9.79. The number of carbonyl (C=O) groups excluding carboxylic acids is 3. The summed E-state index contributed by atoms with van der Waals surface area (Å²) in [6.07, 6.45) is 2.76. The molecule has 1 aromatic rings. The largest absolute Gasteiger partial charge is 0.469 e. The van der Waals surface area contributed by atoms with Gasteiger partial charge in [0.2, 0.25) is 0 Å². The molecule has 0 heterocycles. The van der Waals surface area contributed by atoms with Gasteiger partial charge in [0.1, 0.15) is 0 Å². The molecule has 0 saturated heterocycles. The molecule has 0 unspecified atom stereocenters. The Bertz CT molecular complexity index is 609. The fourth-order valence-electron chi connectivity index (χ4n) is 4.05. The van der Waals surface area contributed by atoms with Gasteiger partial charge < -0.3 is 9.47 Å². The normalized spacial score (nSPS) is 28.4. The molecule has 2 aliphatic carbocycles. The van der Waals surface area contributed by atoms with Gasteiger partial charge in [0.25, 0.3) is 0 Å². The van der Waals surface area contributed by atoms with E-state index in [1.165, 1.54) is 7.11 Å². The van der Waals surface area contributed by atoms with Gasteiger partial charge in [-0.15, -0.1) is 0 Å². The molecule has 4 atom stereocenters. The van der Waals surface area contributed by atoms with E-state index in [9.17, 15) is 14.4 Å². The van der Waals surface area contributed by atoms with Crippen LogP contribution >= 0.6 is 0 Å². The molecule has 0 amide bonds. The fourth-order valence-corrected chi connectivity index (χ4v) is 4.05. The maximum Gasteiger partial charge on any atom is 0.310 e. The SMILES string of the molecule is COC(=O)[C@H]1[C@H]2CC[C@@H](C2)[C@@H]1C(=O)OCC(=O)c1ccccc1. The summed E-state index contributed by atoms with van der Waals surface area (Å²) >= 11 is 0. The van der Waals surface area contributed by atoms with Gasteiger partial charge in [-0.05, 0) is 31.1 Å². The van der Waals surface area contributed by atoms with Gasteiger partial charge in [-0.3, -0.25) is 14.4 Å². The monoisotopic (exact) mass is 316 g/mol. The van der Waals surface area contributed by atoms with Crippen LogP contribution in [0.4, 0.5) is 0 Å². The van der Waals surface area contributed by atoms with Crippen molar-refractivity contribution < 1.29 is 23.9 Å². The highest BCUT2D eigenvalue weighted by Crippen LogP contribution is 2.53. The molecule has 1 aromatic carbocycles. The van der Waals surface area contributed by atoms with Crippen LogP contribution in [0.1, 0.15) is 29.6 Å². The summed E-state index contributed by atoms with van der Waals surface area (Å²) in [5.74, 6) is -1.54. The molecule has 23 heavy (non-hydrogen) atoms. The van der Waals surface area contributed by atoms with E-state index in [4.69, 9.17) is 9.47 Å². The highest BCUT2D eigenvalue weighted by Gasteiger charge is 2.55. The van der Waals surface area contributed by atoms with Crippen molar-refractivity contribution in [1.29, 1.82) is 0 Å². The molecule has 0 aliphatic heterocycles. The number of Topliss-reactive ketones (excluding diaryl/α,β-unsaturated/α-hetero) is 1. The predicted molar refractivity (Wildman–Crippen MR) is 81.6 cm³/mol. The summed E-state index contributed by atoms with van der Waals surface area (Å²) in [7, 11) is 1.34. The second-order valence-electron chi connectivity index (χ2n) is 6.30. The first-order valence-corrected chi connectivity index (χ1v) is 7.94. The van der Waals surface area contributed by atoms with E-state index in [2.05, 4.69) is 0 Å². The molecule has 5 nitrogen and oxygen atoms in total. The number of ether oxygens (including phenoxy) is 2. The summed E-state index contributed by atoms with van der Waals surface area (Å²) in [5.41, 5.74) is 0.512. The number of rotatable bonds is 5. The number of benzene rings is 1. The molecule has 122 valence electrons. The number of fused-ring (bicyclic) bond motifs is 2. The molecule has 0 radical (unpaired) electrons. The van der Waals surface area contributed by atoms with Crippen LogP contribution in [0.2, 0.25) is 0 Å². The Kier molecular flexibility index (Phi) is 4.46. The number of hydrogen-bond donors (Lipinski definition) is 0. The molecule has 5 heteroatoms. The van der Waals surface area contributed by atoms with E-state index >= 15 is 0 Å². The Morgan fingerprint density at radius 3 is 2.22 bits per heavy atom. The molecule has 2 saturated carbocycles. The highest BCUT2D eigenvalue weighted by molar-refractivity contribution is 5.98. The zero-order valence-electron chi connectivity index (χ0n) is 13.1. The van der Waals surface area contributed by atoms with Gasteiger partial charge in [0.15, 0.2) is 12.4 Å². The van der Waals surface area contributed by atoms with Crippen molar-refractivity contribution in [2.24, 2.45) is 23.7 Å². The van der Waals surface area contributed by atoms with Crippen LogP contribution in [0.5, 0.6) is 0 Å². The molecule has 2 aliphatic rings. The van der Waals surface area contributed by atoms with Crippen LogP contribution in [0.25, 0.3) is 0 Å². The van der Waals surface area contributed by atoms with Gasteiger partial charge in [-0.1, -0.05) is 30.3 Å². The van der Waals surface area contributed by atoms with Gasteiger partial charge in [-0.25, -0.2) is 0 Å². The molecule has 2 fully saturated rings. The first-order valence-electron chi connectivity index (χ1n) is 7.94. The van der Waals surface area contributed by atoms with Crippen LogP contribution in [0.15, 0.2) is 30.3 Å². The number of hydrogen-bond acceptors (Lipinski definition) is 5. The lowest BCUT2D eigenvalue weighted by Crippen LogP contribution is -2.37. The van der Waals surface area contributed by atoms with Crippen LogP contribution in [0, 0.1) is 23.7 Å². The van der Waals surface area contributed by atoms with Crippen molar-refractivity contribution in [3.05, 3.63) is 35.9 Å². The lowest BCUT2D eigenvalue weighted by molar-refractivity contribution is -0.161. The third kappa shape index (κ3) is 3.00. The van der Waals surface area contributed by atoms with E-state index < -0.39 is 17.8 Å². The van der Waals surface area contributed by atoms with Crippen molar-refractivity contribution in [2.75, 3.05) is 13.7 Å². The average Bonchev–Trinajstić information content (AvgIpc) is 3.20. The van der Waals surface area contributed by atoms with E-state index in [0.717, 1.165) is 19.3 Å². The smallest absolute Gasteiger partial charge is 0.310 e. The van der Waals surface area contributed by atoms with E-state index in [1.54, 1.807) is 24.3 Å². The van der Waals surface area contributed by atoms with Crippen LogP contribution < -0.4 is 0 Å². The number of esters is 2. The number of carbonyl (C=O) groups is 3. The second kappa shape index (κ2) is 6.52. The third-order valence-electron chi connectivity index (χ3n) is 5.10. The summed E-state index contributed by atoms with van der Waals surface area (Å²) in [4.78, 5) is 36.4. The summed E-state index contributed by atoms with van der Waals surface area (Å²) in [6, 6.07) is 8.71. The van der Waals surface area contributed by atoms with Crippen molar-refractivity contribution in [2.45, 2.75) is 19.3 Å². The van der Waals surface area contributed by atoms with Gasteiger partial charge in [-0.2, -0.15) is 0 Å². The summed E-state index contributed by atoms with van der Waals surface area (Å²) in [6.45, 7) is -0.287. The van der Waals surface area contributed by atoms with Crippen LogP contribution in [-0.4, -0.2) is 31.4 Å². The van der Waals surface area contributed by atoms with Gasteiger partial charge in [0.05, 0.1) is 18.9 Å². The minimum absolute atomic E-state index is 0.170. The summed E-state index contributed by atoms with van der Waals surface area (Å²) < 4.78 is 10.1. The van der Waals surface area contributed by atoms with Gasteiger partial charge in [0, 0.05) is 5.56 Å². The van der Waals surface area contributed by atoms with E-state index in [-0.39, 0.29) is 30.2 Å². The molecule has 3 rings (SSSR count). The van der Waals surface area contributed by atoms with Crippen molar-refractivity contribution in [3.63, 3.8) is 0 Å². The van der Waals surface area contributed by atoms with Crippen molar-refractivity contribution >= 4 is 17.7 Å². The summed E-state index contributed by atoms with van der Waals surface area (Å²) in [5, 5.41) is 0. The van der Waals surface area contributed by atoms with Crippen LogP contribution in [0.3, 0.4) is 0 Å². The van der Waals surface area contributed by atoms with E-state index in [0.29, 0.717) is 5.56 Å². The van der Waals surface area contributed by atoms with Crippen molar-refractivity contribution in [3.8, 4) is 0 Å². The fraction of sp³-hybridized carbons (Fsp3) is 0.500. The molecular formula is C18H20O5. The minimum atomic E-state index is -0.468. The van der Waals surface area contributed by atoms with Gasteiger partial charge >= 0.3 is 11.9 Å². The Hall–Kier alpha value is -2.17. The Labute approximate surface area is 135 Å². The predicted octanol–water partition coefficient (Wildman–Crippen LogP) is 2.25. The highest BCUT2D eigenvalue weighted by atomic mass is 16.5.